The van der Waals surface area contributed by atoms with Gasteiger partial charge in [-0.15, -0.1) is 0 Å². The zero-order valence-electron chi connectivity index (χ0n) is 27.6. The summed E-state index contributed by atoms with van der Waals surface area (Å²) in [6, 6.07) is 50.0. The Hall–Kier alpha value is -6.72. The van der Waals surface area contributed by atoms with Gasteiger partial charge < -0.3 is 4.42 Å². The van der Waals surface area contributed by atoms with Crippen molar-refractivity contribution in [2.45, 2.75) is 12.8 Å². The van der Waals surface area contributed by atoms with E-state index in [1.54, 1.807) is 0 Å². The van der Waals surface area contributed by atoms with Crippen LogP contribution in [0, 0.1) is 0 Å². The molecule has 0 radical (unpaired) electrons. The van der Waals surface area contributed by atoms with Crippen LogP contribution in [0.5, 0.6) is 0 Å². The second-order valence-corrected chi connectivity index (χ2v) is 13.0. The summed E-state index contributed by atoms with van der Waals surface area (Å²) in [6.45, 7) is 0. The highest BCUT2D eigenvalue weighted by molar-refractivity contribution is 6.13. The zero-order valence-corrected chi connectivity index (χ0v) is 27.6. The van der Waals surface area contributed by atoms with Gasteiger partial charge in [-0.05, 0) is 93.0 Å². The van der Waals surface area contributed by atoms with Crippen LogP contribution in [0.15, 0.2) is 156 Å². The summed E-state index contributed by atoms with van der Waals surface area (Å²) in [4.78, 5) is 19.5. The summed E-state index contributed by atoms with van der Waals surface area (Å²) in [7, 11) is 0. The Balaban J connectivity index is 1.03. The lowest BCUT2D eigenvalue weighted by molar-refractivity contribution is 0.620. The molecule has 2 heterocycles. The molecular formula is C46H30N4O. The highest BCUT2D eigenvalue weighted by atomic mass is 16.3. The van der Waals surface area contributed by atoms with E-state index in [1.165, 1.54) is 38.2 Å². The number of aryl methyl sites for hydroxylation is 1. The molecule has 10 rings (SSSR count). The topological polar surface area (TPSA) is 64.7 Å². The summed E-state index contributed by atoms with van der Waals surface area (Å²) < 4.78 is 6.44. The summed E-state index contributed by atoms with van der Waals surface area (Å²) in [5.41, 5.74) is 10.1. The van der Waals surface area contributed by atoms with E-state index in [9.17, 15) is 0 Å². The first-order chi connectivity index (χ1) is 25.2. The van der Waals surface area contributed by atoms with Gasteiger partial charge in [-0.25, -0.2) is 19.9 Å². The molecule has 0 spiro atoms. The Morgan fingerprint density at radius 1 is 0.431 bits per heavy atom. The Bertz CT molecular complexity index is 2740. The summed E-state index contributed by atoms with van der Waals surface area (Å²) in [5, 5.41) is 5.26. The first-order valence-electron chi connectivity index (χ1n) is 17.3. The molecule has 0 aliphatic heterocycles. The van der Waals surface area contributed by atoms with Crippen molar-refractivity contribution in [2.75, 3.05) is 0 Å². The van der Waals surface area contributed by atoms with E-state index in [1.807, 2.05) is 78.9 Å². The van der Waals surface area contributed by atoms with Gasteiger partial charge in [0.05, 0.1) is 0 Å². The van der Waals surface area contributed by atoms with Crippen molar-refractivity contribution >= 4 is 38.7 Å². The maximum Gasteiger partial charge on any atom is 0.227 e. The predicted molar refractivity (Wildman–Crippen MR) is 207 cm³/mol. The highest BCUT2D eigenvalue weighted by Gasteiger charge is 2.17. The van der Waals surface area contributed by atoms with E-state index < -0.39 is 0 Å². The molecule has 5 heteroatoms. The molecular weight excluding hydrogens is 625 g/mol. The summed E-state index contributed by atoms with van der Waals surface area (Å²) in [5.74, 6) is 2.39. The average molecular weight is 655 g/mol. The van der Waals surface area contributed by atoms with Crippen molar-refractivity contribution < 1.29 is 4.42 Å². The van der Waals surface area contributed by atoms with E-state index in [0.29, 0.717) is 28.9 Å². The third kappa shape index (κ3) is 5.18. The van der Waals surface area contributed by atoms with Crippen LogP contribution < -0.4 is 0 Å². The third-order valence-corrected chi connectivity index (χ3v) is 9.81. The fourth-order valence-corrected chi connectivity index (χ4v) is 7.31. The number of rotatable bonds is 5. The van der Waals surface area contributed by atoms with E-state index in [0.717, 1.165) is 46.2 Å². The van der Waals surface area contributed by atoms with E-state index in [2.05, 4.69) is 78.9 Å². The van der Waals surface area contributed by atoms with Gasteiger partial charge in [-0.3, -0.25) is 0 Å². The fourth-order valence-electron chi connectivity index (χ4n) is 7.31. The molecule has 0 saturated carbocycles. The Morgan fingerprint density at radius 3 is 1.80 bits per heavy atom. The summed E-state index contributed by atoms with van der Waals surface area (Å²) in [6.07, 6.45) is 6.71. The molecule has 5 nitrogen and oxygen atoms in total. The van der Waals surface area contributed by atoms with Gasteiger partial charge in [0.1, 0.15) is 5.52 Å². The molecule has 9 aromatic rings. The Labute approximate surface area is 294 Å². The van der Waals surface area contributed by atoms with Crippen molar-refractivity contribution in [3.05, 3.63) is 163 Å². The van der Waals surface area contributed by atoms with Crippen LogP contribution in [0.2, 0.25) is 0 Å². The number of hydrogen-bond acceptors (Lipinski definition) is 5. The standard InChI is InChI=1S/C46H30N4O/c1-3-12-29(13-4-1)43-48-44(30-14-5-2-6-15-30)50-45(49-43)33-23-25-41-42(28-33)51-46(47-41)34-17-11-16-31(26-34)32-22-24-39-37-20-8-7-18-35(37)36-19-9-10-21-38(36)40(39)27-32/h1-9,11-20,22-28H,10,21H2. The second-order valence-electron chi connectivity index (χ2n) is 13.0. The molecule has 7 aromatic carbocycles. The van der Waals surface area contributed by atoms with E-state index >= 15 is 0 Å². The molecule has 51 heavy (non-hydrogen) atoms. The predicted octanol–water partition coefficient (Wildman–Crippen LogP) is 11.6. The number of nitrogens with zero attached hydrogens (tertiary/aromatic N) is 4. The van der Waals surface area contributed by atoms with Crippen molar-refractivity contribution in [3.63, 3.8) is 0 Å². The number of aromatic nitrogens is 4. The monoisotopic (exact) mass is 654 g/mol. The molecule has 0 bridgehead atoms. The molecule has 1 aliphatic carbocycles. The third-order valence-electron chi connectivity index (χ3n) is 9.81. The van der Waals surface area contributed by atoms with Crippen LogP contribution in [0.4, 0.5) is 0 Å². The first-order valence-corrected chi connectivity index (χ1v) is 17.3. The van der Waals surface area contributed by atoms with Crippen LogP contribution in [0.1, 0.15) is 17.5 Å². The number of hydrogen-bond donors (Lipinski definition) is 0. The maximum absolute atomic E-state index is 6.44. The molecule has 0 fully saturated rings. The smallest absolute Gasteiger partial charge is 0.227 e. The van der Waals surface area contributed by atoms with Crippen LogP contribution in [-0.2, 0) is 6.42 Å². The molecule has 0 amide bonds. The zero-order chi connectivity index (χ0) is 33.7. The lowest BCUT2D eigenvalue weighted by atomic mass is 9.85. The van der Waals surface area contributed by atoms with Gasteiger partial charge in [0.15, 0.2) is 23.1 Å². The van der Waals surface area contributed by atoms with Gasteiger partial charge in [0, 0.05) is 22.3 Å². The molecule has 1 aliphatic rings. The van der Waals surface area contributed by atoms with Gasteiger partial charge in [-0.1, -0.05) is 121 Å². The number of oxazole rings is 1. The minimum absolute atomic E-state index is 0.573. The average Bonchev–Trinajstić information content (AvgIpc) is 3.65. The number of fused-ring (bicyclic) bond motifs is 7. The number of allylic oxidation sites excluding steroid dienone is 1. The van der Waals surface area contributed by atoms with Crippen LogP contribution in [0.3, 0.4) is 0 Å². The normalized spacial score (nSPS) is 12.5. The SMILES string of the molecule is C1=Cc2c(c3cc(-c4cccc(-c5nc6ccc(-c7nc(-c8ccccc8)nc(-c8ccccc8)n7)cc6o5)c4)ccc3c3ccccc23)CC1. The molecule has 2 aromatic heterocycles. The maximum atomic E-state index is 6.44. The van der Waals surface area contributed by atoms with Crippen LogP contribution in [-0.4, -0.2) is 19.9 Å². The Morgan fingerprint density at radius 2 is 1.04 bits per heavy atom. The van der Waals surface area contributed by atoms with Crippen LogP contribution >= 0.6 is 0 Å². The van der Waals surface area contributed by atoms with Crippen molar-refractivity contribution in [2.24, 2.45) is 0 Å². The minimum atomic E-state index is 0.573. The van der Waals surface area contributed by atoms with Crippen LogP contribution in [0.25, 0.3) is 95.5 Å². The van der Waals surface area contributed by atoms with Gasteiger partial charge >= 0.3 is 0 Å². The molecule has 0 N–H and O–H groups in total. The minimum Gasteiger partial charge on any atom is -0.436 e. The Kier molecular flexibility index (Phi) is 6.88. The quantitative estimate of drug-likeness (QED) is 0.173. The van der Waals surface area contributed by atoms with Crippen molar-refractivity contribution in [1.82, 2.24) is 19.9 Å². The number of benzene rings is 7. The molecule has 0 unspecified atom stereocenters. The van der Waals surface area contributed by atoms with Gasteiger partial charge in [-0.2, -0.15) is 0 Å². The van der Waals surface area contributed by atoms with E-state index in [4.69, 9.17) is 24.4 Å². The lowest BCUT2D eigenvalue weighted by Crippen LogP contribution is -2.00. The highest BCUT2D eigenvalue weighted by Crippen LogP contribution is 2.39. The fraction of sp³-hybridized carbons (Fsp3) is 0.0435. The first kappa shape index (κ1) is 29.2. The molecule has 240 valence electrons. The molecule has 0 atom stereocenters. The van der Waals surface area contributed by atoms with E-state index in [-0.39, 0.29) is 0 Å². The van der Waals surface area contributed by atoms with Gasteiger partial charge in [0.2, 0.25) is 5.89 Å². The lowest BCUT2D eigenvalue weighted by Gasteiger charge is -2.18. The van der Waals surface area contributed by atoms with Crippen molar-refractivity contribution in [3.8, 4) is 56.7 Å². The van der Waals surface area contributed by atoms with Gasteiger partial charge in [0.25, 0.3) is 0 Å². The largest absolute Gasteiger partial charge is 0.436 e. The molecule has 0 saturated heterocycles. The summed E-state index contributed by atoms with van der Waals surface area (Å²) >= 11 is 0. The van der Waals surface area contributed by atoms with Crippen molar-refractivity contribution in [1.29, 1.82) is 0 Å². The second kappa shape index (κ2) is 12.0.